The van der Waals surface area contributed by atoms with Crippen LogP contribution in [0, 0.1) is 0 Å². The van der Waals surface area contributed by atoms with E-state index in [4.69, 9.17) is 23.4 Å². The van der Waals surface area contributed by atoms with Crippen molar-refractivity contribution in [1.82, 2.24) is 0 Å². The number of alkyl halides is 1. The molecule has 0 bridgehead atoms. The van der Waals surface area contributed by atoms with Gasteiger partial charge in [-0.15, -0.1) is 11.6 Å². The van der Waals surface area contributed by atoms with Gasteiger partial charge in [0.25, 0.3) is 0 Å². The van der Waals surface area contributed by atoms with E-state index in [0.29, 0.717) is 5.88 Å². The van der Waals surface area contributed by atoms with Crippen molar-refractivity contribution >= 4 is 23.4 Å². The molecule has 0 aliphatic rings. The Morgan fingerprint density at radius 1 is 1.71 bits per heavy atom. The molecule has 4 heteroatoms. The minimum atomic E-state index is 0.0409. The smallest absolute Gasteiger partial charge is 0.0830 e. The van der Waals surface area contributed by atoms with Crippen molar-refractivity contribution in [2.75, 3.05) is 5.88 Å². The maximum Gasteiger partial charge on any atom is 0.0830 e. The molecule has 0 aromatic rings. The van der Waals surface area contributed by atoms with Crippen molar-refractivity contribution in [2.24, 2.45) is 9.75 Å². The van der Waals surface area contributed by atoms with E-state index in [1.165, 1.54) is 0 Å². The Kier molecular flexibility index (Phi) is 4.45. The average Bonchev–Trinajstić information content (AvgIpc) is 1.68. The van der Waals surface area contributed by atoms with Crippen LogP contribution >= 0.6 is 23.4 Å². The van der Waals surface area contributed by atoms with Gasteiger partial charge in [0.1, 0.15) is 0 Å². The Morgan fingerprint density at radius 3 is 2.43 bits per heavy atom. The van der Waals surface area contributed by atoms with Gasteiger partial charge in [-0.2, -0.15) is 5.11 Å². The molecule has 42 valence electrons. The molecule has 7 heavy (non-hydrogen) atoms. The van der Waals surface area contributed by atoms with E-state index < -0.39 is 0 Å². The summed E-state index contributed by atoms with van der Waals surface area (Å²) >= 11 is 10.2. The van der Waals surface area contributed by atoms with Crippen LogP contribution in [0.1, 0.15) is 6.92 Å². The minimum Gasteiger partial charge on any atom is -0.172 e. The molecular weight excluding hydrogens is 135 g/mol. The monoisotopic (exact) mass is 140 g/mol. The van der Waals surface area contributed by atoms with Gasteiger partial charge in [-0.25, -0.2) is 0 Å². The molecule has 2 nitrogen and oxygen atoms in total. The van der Waals surface area contributed by atoms with Crippen LogP contribution in [-0.2, 0) is 0 Å². The van der Waals surface area contributed by atoms with Gasteiger partial charge >= 0.3 is 0 Å². The summed E-state index contributed by atoms with van der Waals surface area (Å²) in [4.78, 5) is 0. The molecule has 0 rings (SSSR count). The molecule has 0 aliphatic carbocycles. The van der Waals surface area contributed by atoms with E-state index in [2.05, 4.69) is 9.75 Å². The molecule has 0 heterocycles. The van der Waals surface area contributed by atoms with Crippen molar-refractivity contribution in [1.29, 1.82) is 0 Å². The van der Waals surface area contributed by atoms with Gasteiger partial charge in [0.05, 0.1) is 17.8 Å². The molecule has 1 atom stereocenters. The van der Waals surface area contributed by atoms with Crippen molar-refractivity contribution in [3.63, 3.8) is 0 Å². The average molecular weight is 141 g/mol. The number of hydrogen-bond acceptors (Lipinski definition) is 2. The second-order valence-corrected chi connectivity index (χ2v) is 1.65. The predicted molar refractivity (Wildman–Crippen MR) is 30.9 cm³/mol. The zero-order chi connectivity index (χ0) is 5.70. The summed E-state index contributed by atoms with van der Waals surface area (Å²) in [5.74, 6) is 0.468. The lowest BCUT2D eigenvalue weighted by Gasteiger charge is -1.91. The fourth-order valence-electron chi connectivity index (χ4n) is 0.105. The summed E-state index contributed by atoms with van der Waals surface area (Å²) in [6.07, 6.45) is 0. The fraction of sp³-hybridized carbons (Fsp3) is 1.00. The Labute approximate surface area is 52.6 Å². The summed E-state index contributed by atoms with van der Waals surface area (Å²) in [5.41, 5.74) is 0. The number of nitrogens with zero attached hydrogens (tertiary/aromatic N) is 2. The van der Waals surface area contributed by atoms with Gasteiger partial charge in [0, 0.05) is 5.88 Å². The van der Waals surface area contributed by atoms with Gasteiger partial charge in [-0.05, 0) is 6.92 Å². The van der Waals surface area contributed by atoms with Gasteiger partial charge in [0.2, 0.25) is 0 Å². The molecule has 0 N–H and O–H groups in total. The third-order valence-electron chi connectivity index (χ3n) is 0.464. The van der Waals surface area contributed by atoms with Crippen LogP contribution in [-0.4, -0.2) is 11.9 Å². The fourth-order valence-corrected chi connectivity index (χ4v) is 0.316. The highest BCUT2D eigenvalue weighted by Crippen LogP contribution is 1.93. The van der Waals surface area contributed by atoms with E-state index in [1.54, 1.807) is 0 Å². The molecular formula is C3H6Cl2N2. The summed E-state index contributed by atoms with van der Waals surface area (Å²) in [6, 6.07) is 0.0409. The lowest BCUT2D eigenvalue weighted by molar-refractivity contribution is 0.798. The summed E-state index contributed by atoms with van der Waals surface area (Å²) < 4.78 is 3.02. The van der Waals surface area contributed by atoms with Crippen molar-refractivity contribution < 1.29 is 0 Å². The summed E-state index contributed by atoms with van der Waals surface area (Å²) in [6.45, 7) is 1.83. The third kappa shape index (κ3) is 4.02. The van der Waals surface area contributed by atoms with Crippen LogP contribution in [0.4, 0.5) is 0 Å². The van der Waals surface area contributed by atoms with Crippen LogP contribution in [0.25, 0.3) is 0 Å². The van der Waals surface area contributed by atoms with Gasteiger partial charge in [0.15, 0.2) is 0 Å². The second kappa shape index (κ2) is 4.34. The lowest BCUT2D eigenvalue weighted by atomic mass is 10.4. The highest BCUT2D eigenvalue weighted by atomic mass is 35.5. The summed E-state index contributed by atoms with van der Waals surface area (Å²) in [7, 11) is 0. The minimum absolute atomic E-state index is 0.0409. The molecule has 0 saturated heterocycles. The molecule has 0 aliphatic heterocycles. The van der Waals surface area contributed by atoms with Crippen LogP contribution < -0.4 is 0 Å². The Bertz CT molecular complexity index is 64.0. The number of hydrogen-bond donors (Lipinski definition) is 0. The topological polar surface area (TPSA) is 24.7 Å². The molecule has 0 aromatic heterocycles. The van der Waals surface area contributed by atoms with Crippen molar-refractivity contribution in [3.8, 4) is 0 Å². The lowest BCUT2D eigenvalue weighted by Crippen LogP contribution is -1.95. The quantitative estimate of drug-likeness (QED) is 0.416. The van der Waals surface area contributed by atoms with E-state index in [9.17, 15) is 0 Å². The van der Waals surface area contributed by atoms with E-state index in [-0.39, 0.29) is 6.04 Å². The van der Waals surface area contributed by atoms with Crippen LogP contribution in [0.2, 0.25) is 0 Å². The Balaban J connectivity index is 3.16. The molecule has 0 amide bonds. The molecule has 0 fully saturated rings. The summed E-state index contributed by atoms with van der Waals surface area (Å²) in [5, 5.41) is 3.50. The van der Waals surface area contributed by atoms with Crippen molar-refractivity contribution in [3.05, 3.63) is 0 Å². The first-order valence-corrected chi connectivity index (χ1v) is 2.75. The van der Waals surface area contributed by atoms with Crippen molar-refractivity contribution in [2.45, 2.75) is 13.0 Å². The standard InChI is InChI=1S/C3H6Cl2N2/c1-3(2-4)6-7-5/h3H,2H2,1H3. The normalized spacial score (nSPS) is 15.3. The van der Waals surface area contributed by atoms with E-state index in [0.717, 1.165) is 0 Å². The first kappa shape index (κ1) is 7.18. The van der Waals surface area contributed by atoms with Crippen LogP contribution in [0.15, 0.2) is 9.75 Å². The van der Waals surface area contributed by atoms with Crippen LogP contribution in [0.5, 0.6) is 0 Å². The molecule has 0 radical (unpaired) electrons. The van der Waals surface area contributed by atoms with Gasteiger partial charge in [-0.3, -0.25) is 0 Å². The Morgan fingerprint density at radius 2 is 2.29 bits per heavy atom. The highest BCUT2D eigenvalue weighted by molar-refractivity contribution is 6.18. The number of halogens is 2. The van der Waals surface area contributed by atoms with Gasteiger partial charge in [-0.1, -0.05) is 4.63 Å². The van der Waals surface area contributed by atoms with E-state index >= 15 is 0 Å². The first-order valence-electron chi connectivity index (χ1n) is 1.88. The van der Waals surface area contributed by atoms with Gasteiger partial charge < -0.3 is 0 Å². The maximum absolute atomic E-state index is 5.32. The molecule has 0 spiro atoms. The first-order chi connectivity index (χ1) is 3.31. The molecule has 1 unspecified atom stereocenters. The second-order valence-electron chi connectivity index (χ2n) is 1.19. The zero-order valence-electron chi connectivity index (χ0n) is 3.93. The molecule has 0 aromatic carbocycles. The number of rotatable bonds is 2. The predicted octanol–water partition coefficient (Wildman–Crippen LogP) is 2.22. The Hall–Kier alpha value is 0.180. The van der Waals surface area contributed by atoms with Crippen LogP contribution in [0.3, 0.4) is 0 Å². The zero-order valence-corrected chi connectivity index (χ0v) is 5.45. The highest BCUT2D eigenvalue weighted by Gasteiger charge is 1.91. The molecule has 0 saturated carbocycles. The largest absolute Gasteiger partial charge is 0.172 e. The maximum atomic E-state index is 5.32. The SMILES string of the molecule is CC(CCl)N=NCl. The third-order valence-corrected chi connectivity index (χ3v) is 0.998. The van der Waals surface area contributed by atoms with E-state index in [1.807, 2.05) is 6.92 Å².